The van der Waals surface area contributed by atoms with Gasteiger partial charge in [-0.3, -0.25) is 9.59 Å². The number of anilines is 1. The summed E-state index contributed by atoms with van der Waals surface area (Å²) in [5, 5.41) is 2.70. The van der Waals surface area contributed by atoms with Gasteiger partial charge in [0.25, 0.3) is 0 Å². The van der Waals surface area contributed by atoms with Crippen LogP contribution in [0.5, 0.6) is 0 Å². The molecule has 1 atom stereocenters. The smallest absolute Gasteiger partial charge is 0.234 e. The Kier molecular flexibility index (Phi) is 7.06. The lowest BCUT2D eigenvalue weighted by Crippen LogP contribution is -2.49. The molecule has 5 nitrogen and oxygen atoms in total. The van der Waals surface area contributed by atoms with Crippen molar-refractivity contribution < 1.29 is 14.0 Å². The van der Waals surface area contributed by atoms with Crippen molar-refractivity contribution in [3.05, 3.63) is 66.0 Å². The number of benzene rings is 2. The minimum Gasteiger partial charge on any atom is -0.332 e. The number of likely N-dealkylation sites (N-methyl/N-ethyl adjacent to an activating group) is 1. The number of carbonyl (C=O) groups excluding carboxylic acids is 2. The van der Waals surface area contributed by atoms with Gasteiger partial charge in [-0.05, 0) is 36.9 Å². The third kappa shape index (κ3) is 5.56. The maximum Gasteiger partial charge on any atom is 0.234 e. The molecule has 0 radical (unpaired) electrons. The zero-order valence-corrected chi connectivity index (χ0v) is 16.6. The fraction of sp³-hybridized carbons (Fsp3) is 0.333. The average molecular weight is 402 g/mol. The lowest BCUT2D eigenvalue weighted by Gasteiger charge is -2.40. The predicted molar refractivity (Wildman–Crippen MR) is 111 cm³/mol. The number of hydrogen-bond acceptors (Lipinski definition) is 4. The van der Waals surface area contributed by atoms with Gasteiger partial charge in [0.1, 0.15) is 5.82 Å². The molecule has 0 bridgehead atoms. The van der Waals surface area contributed by atoms with Crippen LogP contribution in [0.1, 0.15) is 11.6 Å². The van der Waals surface area contributed by atoms with Crippen LogP contribution in [0, 0.1) is 5.82 Å². The van der Waals surface area contributed by atoms with Gasteiger partial charge in [0, 0.05) is 25.3 Å². The Balaban J connectivity index is 1.51. The minimum atomic E-state index is -0.349. The van der Waals surface area contributed by atoms with Crippen molar-refractivity contribution in [3.63, 3.8) is 0 Å². The van der Waals surface area contributed by atoms with E-state index >= 15 is 0 Å². The number of carbonyl (C=O) groups is 2. The highest BCUT2D eigenvalue weighted by Crippen LogP contribution is 2.25. The van der Waals surface area contributed by atoms with Crippen molar-refractivity contribution in [2.75, 3.05) is 43.5 Å². The highest BCUT2D eigenvalue weighted by molar-refractivity contribution is 8.00. The summed E-state index contributed by atoms with van der Waals surface area (Å²) in [6.07, 6.45) is 0. The van der Waals surface area contributed by atoms with E-state index in [9.17, 15) is 14.0 Å². The monoisotopic (exact) mass is 401 g/mol. The maximum atomic E-state index is 12.9. The maximum absolute atomic E-state index is 12.9. The van der Waals surface area contributed by atoms with E-state index in [0.29, 0.717) is 12.2 Å². The Bertz CT molecular complexity index is 801. The molecule has 2 aromatic carbocycles. The van der Waals surface area contributed by atoms with Crippen LogP contribution < -0.4 is 5.32 Å². The number of nitrogens with zero attached hydrogens (tertiary/aromatic N) is 2. The van der Waals surface area contributed by atoms with Crippen LogP contribution in [0.3, 0.4) is 0 Å². The number of amides is 2. The third-order valence-corrected chi connectivity index (χ3v) is 5.59. The zero-order valence-electron chi connectivity index (χ0n) is 15.8. The normalized spacial score (nSPS) is 17.4. The van der Waals surface area contributed by atoms with Crippen molar-refractivity contribution in [2.24, 2.45) is 0 Å². The van der Waals surface area contributed by atoms with Gasteiger partial charge >= 0.3 is 0 Å². The van der Waals surface area contributed by atoms with Gasteiger partial charge in [0.15, 0.2) is 0 Å². The quantitative estimate of drug-likeness (QED) is 0.809. The zero-order chi connectivity index (χ0) is 19.9. The summed E-state index contributed by atoms with van der Waals surface area (Å²) in [5.41, 5.74) is 1.67. The molecule has 1 fully saturated rings. The van der Waals surface area contributed by atoms with Gasteiger partial charge in [-0.25, -0.2) is 4.39 Å². The van der Waals surface area contributed by atoms with Crippen molar-refractivity contribution >= 4 is 29.3 Å². The number of hydrogen-bond donors (Lipinski definition) is 1. The van der Waals surface area contributed by atoms with E-state index < -0.39 is 0 Å². The molecule has 0 spiro atoms. The molecule has 1 unspecified atom stereocenters. The molecule has 3 rings (SSSR count). The van der Waals surface area contributed by atoms with E-state index in [1.807, 2.05) is 35.2 Å². The Morgan fingerprint density at radius 1 is 1.07 bits per heavy atom. The molecule has 148 valence electrons. The number of nitrogens with one attached hydrogen (secondary N) is 1. The molecule has 2 amide bonds. The number of halogens is 1. The molecular weight excluding hydrogens is 377 g/mol. The van der Waals surface area contributed by atoms with Crippen LogP contribution in [0.15, 0.2) is 54.6 Å². The van der Waals surface area contributed by atoms with E-state index in [0.717, 1.165) is 18.7 Å². The Morgan fingerprint density at radius 3 is 2.50 bits per heavy atom. The van der Waals surface area contributed by atoms with Gasteiger partial charge in [-0.2, -0.15) is 0 Å². The van der Waals surface area contributed by atoms with Gasteiger partial charge in [0.05, 0.1) is 17.5 Å². The van der Waals surface area contributed by atoms with Crippen molar-refractivity contribution in [1.29, 1.82) is 0 Å². The average Bonchev–Trinajstić information content (AvgIpc) is 2.70. The van der Waals surface area contributed by atoms with Gasteiger partial charge in [-0.1, -0.05) is 30.3 Å². The van der Waals surface area contributed by atoms with E-state index in [2.05, 4.69) is 17.3 Å². The van der Waals surface area contributed by atoms with E-state index in [1.54, 1.807) is 0 Å². The van der Waals surface area contributed by atoms with Crippen molar-refractivity contribution in [2.45, 2.75) is 6.04 Å². The second-order valence-corrected chi connectivity index (χ2v) is 7.81. The summed E-state index contributed by atoms with van der Waals surface area (Å²) in [7, 11) is 2.06. The molecule has 1 saturated heterocycles. The predicted octanol–water partition coefficient (Wildman–Crippen LogP) is 3.01. The summed E-state index contributed by atoms with van der Waals surface area (Å²) in [4.78, 5) is 28.9. The molecular formula is C21H24FN3O2S. The number of piperazine rings is 1. The second kappa shape index (κ2) is 9.71. The van der Waals surface area contributed by atoms with Crippen LogP contribution in [0.2, 0.25) is 0 Å². The molecule has 7 heteroatoms. The fourth-order valence-electron chi connectivity index (χ4n) is 3.22. The van der Waals surface area contributed by atoms with Crippen LogP contribution in [0.4, 0.5) is 10.1 Å². The van der Waals surface area contributed by atoms with Crippen LogP contribution >= 0.6 is 11.8 Å². The van der Waals surface area contributed by atoms with Crippen LogP contribution in [0.25, 0.3) is 0 Å². The van der Waals surface area contributed by atoms with Gasteiger partial charge < -0.3 is 15.1 Å². The lowest BCUT2D eigenvalue weighted by atomic mass is 10.0. The molecule has 1 N–H and O–H groups in total. The molecule has 1 aliphatic heterocycles. The lowest BCUT2D eigenvalue weighted by molar-refractivity contribution is -0.133. The molecule has 1 aliphatic rings. The molecule has 2 aromatic rings. The van der Waals surface area contributed by atoms with Crippen LogP contribution in [-0.2, 0) is 9.59 Å². The van der Waals surface area contributed by atoms with E-state index in [1.165, 1.54) is 36.0 Å². The molecule has 1 heterocycles. The second-order valence-electron chi connectivity index (χ2n) is 6.82. The Labute approximate surface area is 168 Å². The third-order valence-electron chi connectivity index (χ3n) is 4.67. The van der Waals surface area contributed by atoms with E-state index in [-0.39, 0.29) is 35.2 Å². The Hall–Kier alpha value is -2.38. The van der Waals surface area contributed by atoms with Gasteiger partial charge in [0.2, 0.25) is 11.8 Å². The summed E-state index contributed by atoms with van der Waals surface area (Å²) in [6, 6.07) is 15.7. The standard InChI is InChI=1S/C21H24FN3O2S/c1-24-11-12-25(19(13-24)16-5-3-2-4-6-16)21(27)15-28-14-20(26)23-18-9-7-17(22)8-10-18/h2-10,19H,11-15H2,1H3,(H,23,26). The Morgan fingerprint density at radius 2 is 1.79 bits per heavy atom. The van der Waals surface area contributed by atoms with Crippen molar-refractivity contribution in [3.8, 4) is 0 Å². The first-order valence-corrected chi connectivity index (χ1v) is 10.3. The highest BCUT2D eigenvalue weighted by atomic mass is 32.2. The SMILES string of the molecule is CN1CCN(C(=O)CSCC(=O)Nc2ccc(F)cc2)C(c2ccccc2)C1. The molecule has 0 aromatic heterocycles. The summed E-state index contributed by atoms with van der Waals surface area (Å²) in [5.74, 6) is -0.0847. The van der Waals surface area contributed by atoms with E-state index in [4.69, 9.17) is 0 Å². The fourth-order valence-corrected chi connectivity index (χ4v) is 3.92. The first-order valence-electron chi connectivity index (χ1n) is 9.19. The molecule has 0 saturated carbocycles. The van der Waals surface area contributed by atoms with Crippen molar-refractivity contribution in [1.82, 2.24) is 9.80 Å². The number of thioether (sulfide) groups is 1. The minimum absolute atomic E-state index is 0.0288. The number of rotatable bonds is 6. The van der Waals surface area contributed by atoms with Crippen LogP contribution in [-0.4, -0.2) is 59.8 Å². The summed E-state index contributed by atoms with van der Waals surface area (Å²) in [6.45, 7) is 2.31. The highest BCUT2D eigenvalue weighted by Gasteiger charge is 2.29. The molecule has 0 aliphatic carbocycles. The topological polar surface area (TPSA) is 52.7 Å². The van der Waals surface area contributed by atoms with Gasteiger partial charge in [-0.15, -0.1) is 11.8 Å². The first-order chi connectivity index (χ1) is 13.5. The summed E-state index contributed by atoms with van der Waals surface area (Å²) < 4.78 is 12.9. The summed E-state index contributed by atoms with van der Waals surface area (Å²) >= 11 is 1.29. The largest absolute Gasteiger partial charge is 0.332 e. The first kappa shape index (κ1) is 20.4. The molecule has 28 heavy (non-hydrogen) atoms.